The van der Waals surface area contributed by atoms with E-state index in [9.17, 15) is 9.90 Å². The fraction of sp³-hybridized carbons (Fsp3) is 0.143. The van der Waals surface area contributed by atoms with Crippen LogP contribution in [0, 0.1) is 0 Å². The van der Waals surface area contributed by atoms with Gasteiger partial charge in [-0.3, -0.25) is 4.79 Å². The molecule has 0 spiro atoms. The molecule has 0 aliphatic heterocycles. The predicted molar refractivity (Wildman–Crippen MR) is 108 cm³/mol. The molecule has 2 aromatic heterocycles. The first-order valence-corrected chi connectivity index (χ1v) is 9.62. The van der Waals surface area contributed by atoms with Crippen molar-refractivity contribution in [2.75, 3.05) is 6.54 Å². The van der Waals surface area contributed by atoms with Gasteiger partial charge >= 0.3 is 0 Å². The number of carbonyl (C=O) groups is 1. The van der Waals surface area contributed by atoms with E-state index in [1.807, 2.05) is 48.0 Å². The number of aromatic amines is 1. The Kier molecular flexibility index (Phi) is 4.89. The van der Waals surface area contributed by atoms with Gasteiger partial charge in [-0.2, -0.15) is 0 Å². The van der Waals surface area contributed by atoms with Gasteiger partial charge in [0.25, 0.3) is 0 Å². The largest absolute Gasteiger partial charge is 0.508 e. The van der Waals surface area contributed by atoms with Crippen molar-refractivity contribution in [2.24, 2.45) is 0 Å². The number of aromatic nitrogens is 2. The number of amides is 1. The molecule has 136 valence electrons. The summed E-state index contributed by atoms with van der Waals surface area (Å²) in [5, 5.41) is 16.4. The molecule has 3 N–H and O–H groups in total. The van der Waals surface area contributed by atoms with E-state index in [0.29, 0.717) is 19.4 Å². The molecule has 0 unspecified atom stereocenters. The Morgan fingerprint density at radius 2 is 1.96 bits per heavy atom. The van der Waals surface area contributed by atoms with Crippen LogP contribution in [0.1, 0.15) is 10.6 Å². The van der Waals surface area contributed by atoms with Crippen LogP contribution in [0.2, 0.25) is 0 Å². The third-order valence-electron chi connectivity index (χ3n) is 4.40. The summed E-state index contributed by atoms with van der Waals surface area (Å²) in [5.41, 5.74) is 3.91. The van der Waals surface area contributed by atoms with Crippen LogP contribution in [-0.4, -0.2) is 27.5 Å². The minimum Gasteiger partial charge on any atom is -0.508 e. The molecule has 1 amide bonds. The monoisotopic (exact) mass is 377 g/mol. The minimum absolute atomic E-state index is 0.00932. The molecule has 0 saturated heterocycles. The number of phenolic OH excluding ortho intramolecular Hbond substituents is 1. The molecule has 4 aromatic rings. The second kappa shape index (κ2) is 7.63. The SMILES string of the molecule is O=C(Cc1c[nH]c2ccccc12)NCCc1nc(-c2ccc(O)cc2)cs1. The maximum Gasteiger partial charge on any atom is 0.224 e. The van der Waals surface area contributed by atoms with E-state index in [0.717, 1.165) is 32.7 Å². The van der Waals surface area contributed by atoms with E-state index in [2.05, 4.69) is 15.3 Å². The molecule has 0 aliphatic carbocycles. The van der Waals surface area contributed by atoms with Crippen molar-refractivity contribution < 1.29 is 9.90 Å². The molecular weight excluding hydrogens is 358 g/mol. The number of nitrogens with one attached hydrogen (secondary N) is 2. The summed E-state index contributed by atoms with van der Waals surface area (Å²) in [7, 11) is 0. The number of thiazole rings is 1. The van der Waals surface area contributed by atoms with Crippen LogP contribution in [0.3, 0.4) is 0 Å². The second-order valence-electron chi connectivity index (χ2n) is 6.31. The number of aromatic hydroxyl groups is 1. The van der Waals surface area contributed by atoms with Gasteiger partial charge in [0.1, 0.15) is 5.75 Å². The van der Waals surface area contributed by atoms with Crippen molar-refractivity contribution in [1.29, 1.82) is 0 Å². The van der Waals surface area contributed by atoms with E-state index >= 15 is 0 Å². The van der Waals surface area contributed by atoms with E-state index in [1.165, 1.54) is 0 Å². The number of carbonyl (C=O) groups excluding carboxylic acids is 1. The zero-order chi connectivity index (χ0) is 18.6. The van der Waals surface area contributed by atoms with Crippen molar-refractivity contribution >= 4 is 28.1 Å². The van der Waals surface area contributed by atoms with Crippen LogP contribution in [-0.2, 0) is 17.6 Å². The predicted octanol–water partition coefficient (Wildman–Crippen LogP) is 3.90. The zero-order valence-corrected chi connectivity index (χ0v) is 15.4. The molecule has 0 aliphatic rings. The van der Waals surface area contributed by atoms with Crippen LogP contribution in [0.15, 0.2) is 60.1 Å². The first-order chi connectivity index (χ1) is 13.2. The van der Waals surface area contributed by atoms with Crippen molar-refractivity contribution in [3.63, 3.8) is 0 Å². The third-order valence-corrected chi connectivity index (χ3v) is 5.31. The summed E-state index contributed by atoms with van der Waals surface area (Å²) in [6.07, 6.45) is 2.96. The summed E-state index contributed by atoms with van der Waals surface area (Å²) in [4.78, 5) is 20.0. The topological polar surface area (TPSA) is 78.0 Å². The average molecular weight is 377 g/mol. The highest BCUT2D eigenvalue weighted by Crippen LogP contribution is 2.24. The molecule has 0 saturated carbocycles. The molecule has 0 fully saturated rings. The lowest BCUT2D eigenvalue weighted by atomic mass is 10.1. The fourth-order valence-corrected chi connectivity index (χ4v) is 3.82. The molecule has 4 rings (SSSR count). The molecule has 0 radical (unpaired) electrons. The summed E-state index contributed by atoms with van der Waals surface area (Å²) < 4.78 is 0. The molecule has 0 bridgehead atoms. The van der Waals surface area contributed by atoms with Gasteiger partial charge in [0, 0.05) is 41.0 Å². The average Bonchev–Trinajstić information content (AvgIpc) is 3.30. The number of hydrogen-bond acceptors (Lipinski definition) is 4. The quantitative estimate of drug-likeness (QED) is 0.477. The maximum absolute atomic E-state index is 12.2. The van der Waals surface area contributed by atoms with E-state index < -0.39 is 0 Å². The van der Waals surface area contributed by atoms with Gasteiger partial charge in [0.05, 0.1) is 17.1 Å². The first-order valence-electron chi connectivity index (χ1n) is 8.74. The number of fused-ring (bicyclic) bond motifs is 1. The lowest BCUT2D eigenvalue weighted by molar-refractivity contribution is -0.120. The van der Waals surface area contributed by atoms with Crippen LogP contribution >= 0.6 is 11.3 Å². The molecule has 0 atom stereocenters. The Bertz CT molecular complexity index is 1070. The smallest absolute Gasteiger partial charge is 0.224 e. The lowest BCUT2D eigenvalue weighted by Crippen LogP contribution is -2.27. The van der Waals surface area contributed by atoms with Gasteiger partial charge < -0.3 is 15.4 Å². The van der Waals surface area contributed by atoms with Crippen molar-refractivity contribution in [2.45, 2.75) is 12.8 Å². The first kappa shape index (κ1) is 17.3. The molecule has 2 aromatic carbocycles. The second-order valence-corrected chi connectivity index (χ2v) is 7.25. The number of H-pyrrole nitrogens is 1. The van der Waals surface area contributed by atoms with Gasteiger partial charge in [0.2, 0.25) is 5.91 Å². The van der Waals surface area contributed by atoms with E-state index in [-0.39, 0.29) is 11.7 Å². The Balaban J connectivity index is 1.31. The third kappa shape index (κ3) is 4.01. The Labute approximate surface area is 160 Å². The minimum atomic E-state index is 0.00932. The van der Waals surface area contributed by atoms with Crippen LogP contribution in [0.4, 0.5) is 0 Å². The standard InChI is InChI=1S/C21H19N3O2S/c25-16-7-5-14(6-8-16)19-13-27-21(24-19)9-10-22-20(26)11-15-12-23-18-4-2-1-3-17(15)18/h1-8,12-13,23,25H,9-11H2,(H,22,26). The zero-order valence-electron chi connectivity index (χ0n) is 14.6. The van der Waals surface area contributed by atoms with Crippen LogP contribution in [0.5, 0.6) is 5.75 Å². The van der Waals surface area contributed by atoms with Crippen LogP contribution in [0.25, 0.3) is 22.2 Å². The van der Waals surface area contributed by atoms with E-state index in [1.54, 1.807) is 23.5 Å². The van der Waals surface area contributed by atoms with Gasteiger partial charge in [-0.15, -0.1) is 11.3 Å². The fourth-order valence-electron chi connectivity index (χ4n) is 3.01. The highest BCUT2D eigenvalue weighted by Gasteiger charge is 2.09. The number of phenols is 1. The normalized spacial score (nSPS) is 11.0. The Morgan fingerprint density at radius 3 is 2.81 bits per heavy atom. The molecule has 2 heterocycles. The van der Waals surface area contributed by atoms with Crippen LogP contribution < -0.4 is 5.32 Å². The summed E-state index contributed by atoms with van der Waals surface area (Å²) in [5.74, 6) is 0.252. The number of para-hydroxylation sites is 1. The number of nitrogens with zero attached hydrogens (tertiary/aromatic N) is 1. The molecule has 27 heavy (non-hydrogen) atoms. The summed E-state index contributed by atoms with van der Waals surface area (Å²) >= 11 is 1.58. The maximum atomic E-state index is 12.2. The van der Waals surface area contributed by atoms with Crippen molar-refractivity contribution in [3.05, 3.63) is 70.7 Å². The van der Waals surface area contributed by atoms with Gasteiger partial charge in [-0.05, 0) is 35.9 Å². The number of benzene rings is 2. The summed E-state index contributed by atoms with van der Waals surface area (Å²) in [6, 6.07) is 15.0. The van der Waals surface area contributed by atoms with Crippen molar-refractivity contribution in [3.8, 4) is 17.0 Å². The lowest BCUT2D eigenvalue weighted by Gasteiger charge is -2.03. The highest BCUT2D eigenvalue weighted by molar-refractivity contribution is 7.09. The number of rotatable bonds is 6. The van der Waals surface area contributed by atoms with Gasteiger partial charge in [-0.25, -0.2) is 4.98 Å². The summed E-state index contributed by atoms with van der Waals surface area (Å²) in [6.45, 7) is 0.559. The molecule has 5 nitrogen and oxygen atoms in total. The Hall–Kier alpha value is -3.12. The molecule has 6 heteroatoms. The number of hydrogen-bond donors (Lipinski definition) is 3. The highest BCUT2D eigenvalue weighted by atomic mass is 32.1. The molecular formula is C21H19N3O2S. The Morgan fingerprint density at radius 1 is 1.15 bits per heavy atom. The van der Waals surface area contributed by atoms with Gasteiger partial charge in [-0.1, -0.05) is 18.2 Å². The van der Waals surface area contributed by atoms with E-state index in [4.69, 9.17) is 0 Å². The van der Waals surface area contributed by atoms with Gasteiger partial charge in [0.15, 0.2) is 0 Å². The van der Waals surface area contributed by atoms with Crippen molar-refractivity contribution in [1.82, 2.24) is 15.3 Å².